The van der Waals surface area contributed by atoms with Crippen molar-refractivity contribution in [3.8, 4) is 11.4 Å². The number of aromatic nitrogens is 2. The van der Waals surface area contributed by atoms with Crippen molar-refractivity contribution in [2.75, 3.05) is 0 Å². The molecule has 0 aliphatic heterocycles. The van der Waals surface area contributed by atoms with E-state index in [1.807, 2.05) is 0 Å². The summed E-state index contributed by atoms with van der Waals surface area (Å²) >= 11 is 12.0. The summed E-state index contributed by atoms with van der Waals surface area (Å²) in [7, 11) is 0. The molecular formula is C12H9Cl2N3O. The molecule has 2 aromatic rings. The number of aryl methyl sites for hydroxylation is 1. The molecule has 1 aromatic carbocycles. The van der Waals surface area contributed by atoms with Crippen LogP contribution < -0.4 is 5.73 Å². The highest BCUT2D eigenvalue weighted by atomic mass is 35.5. The topological polar surface area (TPSA) is 68.9 Å². The van der Waals surface area contributed by atoms with Gasteiger partial charge in [0.15, 0.2) is 5.82 Å². The molecule has 0 fully saturated rings. The molecule has 0 radical (unpaired) electrons. The average molecular weight is 282 g/mol. The number of hydrogen-bond donors (Lipinski definition) is 1. The normalized spacial score (nSPS) is 10.4. The molecule has 1 amide bonds. The fraction of sp³-hybridized carbons (Fsp3) is 0.0833. The quantitative estimate of drug-likeness (QED) is 0.920. The first-order valence-corrected chi connectivity index (χ1v) is 5.84. The molecule has 4 nitrogen and oxygen atoms in total. The number of primary amides is 1. The Morgan fingerprint density at radius 2 is 2.00 bits per heavy atom. The van der Waals surface area contributed by atoms with Crippen LogP contribution in [-0.2, 0) is 0 Å². The smallest absolute Gasteiger partial charge is 0.267 e. The molecule has 1 heterocycles. The fourth-order valence-corrected chi connectivity index (χ4v) is 1.88. The number of benzene rings is 1. The number of hydrogen-bond acceptors (Lipinski definition) is 3. The van der Waals surface area contributed by atoms with E-state index in [0.29, 0.717) is 27.1 Å². The van der Waals surface area contributed by atoms with Gasteiger partial charge in [0.05, 0.1) is 10.0 Å². The molecule has 0 aliphatic carbocycles. The highest BCUT2D eigenvalue weighted by Gasteiger charge is 2.12. The fourth-order valence-electron chi connectivity index (χ4n) is 1.49. The van der Waals surface area contributed by atoms with Gasteiger partial charge in [-0.1, -0.05) is 29.3 Å². The van der Waals surface area contributed by atoms with Crippen LogP contribution in [0.15, 0.2) is 24.3 Å². The van der Waals surface area contributed by atoms with Gasteiger partial charge in [-0.2, -0.15) is 0 Å². The van der Waals surface area contributed by atoms with Crippen molar-refractivity contribution in [2.45, 2.75) is 6.92 Å². The van der Waals surface area contributed by atoms with Crippen LogP contribution in [0.3, 0.4) is 0 Å². The third kappa shape index (κ3) is 2.44. The summed E-state index contributed by atoms with van der Waals surface area (Å²) in [5.74, 6) is -0.281. The molecule has 0 bridgehead atoms. The van der Waals surface area contributed by atoms with Crippen LogP contribution in [0.4, 0.5) is 0 Å². The summed E-state index contributed by atoms with van der Waals surface area (Å²) in [6.07, 6.45) is 0. The van der Waals surface area contributed by atoms with Gasteiger partial charge in [0.1, 0.15) is 5.69 Å². The summed E-state index contributed by atoms with van der Waals surface area (Å²) in [6, 6.07) is 6.65. The van der Waals surface area contributed by atoms with E-state index in [0.717, 1.165) is 0 Å². The van der Waals surface area contributed by atoms with E-state index in [1.165, 1.54) is 6.07 Å². The van der Waals surface area contributed by atoms with Gasteiger partial charge in [0, 0.05) is 11.3 Å². The summed E-state index contributed by atoms with van der Waals surface area (Å²) in [5.41, 5.74) is 6.55. The summed E-state index contributed by atoms with van der Waals surface area (Å²) < 4.78 is 0. The Bertz CT molecular complexity index is 629. The Morgan fingerprint density at radius 1 is 1.28 bits per heavy atom. The molecule has 0 saturated carbocycles. The van der Waals surface area contributed by atoms with Crippen LogP contribution >= 0.6 is 23.2 Å². The van der Waals surface area contributed by atoms with Crippen molar-refractivity contribution in [1.82, 2.24) is 9.97 Å². The molecule has 0 spiro atoms. The van der Waals surface area contributed by atoms with Gasteiger partial charge in [-0.25, -0.2) is 9.97 Å². The van der Waals surface area contributed by atoms with Crippen LogP contribution in [0.5, 0.6) is 0 Å². The highest BCUT2D eigenvalue weighted by Crippen LogP contribution is 2.31. The molecule has 2 N–H and O–H groups in total. The van der Waals surface area contributed by atoms with Crippen LogP contribution in [0.1, 0.15) is 16.2 Å². The molecule has 18 heavy (non-hydrogen) atoms. The molecule has 1 aromatic heterocycles. The van der Waals surface area contributed by atoms with Gasteiger partial charge in [-0.3, -0.25) is 4.79 Å². The Kier molecular flexibility index (Phi) is 3.50. The molecule has 2 rings (SSSR count). The molecule has 0 saturated heterocycles. The Labute approximate surface area is 114 Å². The van der Waals surface area contributed by atoms with Crippen molar-refractivity contribution in [3.63, 3.8) is 0 Å². The lowest BCUT2D eigenvalue weighted by Crippen LogP contribution is -2.14. The minimum Gasteiger partial charge on any atom is -0.364 e. The second kappa shape index (κ2) is 4.92. The molecule has 0 unspecified atom stereocenters. The first-order chi connectivity index (χ1) is 8.49. The van der Waals surface area contributed by atoms with E-state index in [1.54, 1.807) is 25.1 Å². The maximum absolute atomic E-state index is 11.2. The number of amides is 1. The molecule has 0 atom stereocenters. The number of nitrogens with two attached hydrogens (primary N) is 1. The zero-order chi connectivity index (χ0) is 13.3. The van der Waals surface area contributed by atoms with Crippen LogP contribution in [0, 0.1) is 6.92 Å². The van der Waals surface area contributed by atoms with E-state index in [4.69, 9.17) is 28.9 Å². The predicted molar refractivity (Wildman–Crippen MR) is 70.7 cm³/mol. The van der Waals surface area contributed by atoms with Crippen molar-refractivity contribution in [2.24, 2.45) is 5.73 Å². The summed E-state index contributed by atoms with van der Waals surface area (Å²) in [4.78, 5) is 19.5. The van der Waals surface area contributed by atoms with Gasteiger partial charge < -0.3 is 5.73 Å². The molecule has 92 valence electrons. The highest BCUT2D eigenvalue weighted by molar-refractivity contribution is 6.43. The second-order valence-corrected chi connectivity index (χ2v) is 4.47. The number of carbonyl (C=O) groups excluding carboxylic acids is 1. The van der Waals surface area contributed by atoms with Gasteiger partial charge in [-0.15, -0.1) is 0 Å². The Morgan fingerprint density at radius 3 is 2.67 bits per heavy atom. The number of rotatable bonds is 2. The second-order valence-electron chi connectivity index (χ2n) is 3.68. The first kappa shape index (κ1) is 12.8. The number of nitrogens with zero attached hydrogens (tertiary/aromatic N) is 2. The monoisotopic (exact) mass is 281 g/mol. The maximum Gasteiger partial charge on any atom is 0.267 e. The van der Waals surface area contributed by atoms with Crippen molar-refractivity contribution < 1.29 is 4.79 Å². The number of halogens is 2. The third-order valence-corrected chi connectivity index (χ3v) is 3.12. The molecular weight excluding hydrogens is 273 g/mol. The van der Waals surface area contributed by atoms with Crippen LogP contribution in [0.25, 0.3) is 11.4 Å². The lowest BCUT2D eigenvalue weighted by molar-refractivity contribution is 0.0995. The van der Waals surface area contributed by atoms with Crippen molar-refractivity contribution in [3.05, 3.63) is 45.7 Å². The average Bonchev–Trinajstić information content (AvgIpc) is 2.31. The van der Waals surface area contributed by atoms with E-state index in [2.05, 4.69) is 9.97 Å². The third-order valence-electron chi connectivity index (χ3n) is 2.30. The van der Waals surface area contributed by atoms with E-state index in [9.17, 15) is 4.79 Å². The lowest BCUT2D eigenvalue weighted by Gasteiger charge is -2.06. The summed E-state index contributed by atoms with van der Waals surface area (Å²) in [5, 5.41) is 0.750. The van der Waals surface area contributed by atoms with E-state index in [-0.39, 0.29) is 5.69 Å². The van der Waals surface area contributed by atoms with Crippen LogP contribution in [0.2, 0.25) is 10.0 Å². The van der Waals surface area contributed by atoms with Gasteiger partial charge >= 0.3 is 0 Å². The van der Waals surface area contributed by atoms with Gasteiger partial charge in [0.2, 0.25) is 0 Å². The van der Waals surface area contributed by atoms with E-state index < -0.39 is 5.91 Å². The lowest BCUT2D eigenvalue weighted by atomic mass is 10.2. The van der Waals surface area contributed by atoms with Crippen molar-refractivity contribution >= 4 is 29.1 Å². The molecule has 0 aliphatic rings. The maximum atomic E-state index is 11.2. The van der Waals surface area contributed by atoms with Gasteiger partial charge in [-0.05, 0) is 25.1 Å². The van der Waals surface area contributed by atoms with E-state index >= 15 is 0 Å². The van der Waals surface area contributed by atoms with Crippen LogP contribution in [-0.4, -0.2) is 15.9 Å². The molecule has 6 heteroatoms. The largest absolute Gasteiger partial charge is 0.364 e. The Hall–Kier alpha value is -1.65. The zero-order valence-corrected chi connectivity index (χ0v) is 11.0. The Balaban J connectivity index is 2.64. The predicted octanol–water partition coefficient (Wildman–Crippen LogP) is 2.86. The number of carbonyl (C=O) groups is 1. The van der Waals surface area contributed by atoms with Gasteiger partial charge in [0.25, 0.3) is 5.91 Å². The standard InChI is InChI=1S/C12H9Cl2N3O/c1-6-5-9(11(15)18)17-12(16-6)7-3-2-4-8(13)10(7)14/h2-5H,1H3,(H2,15,18). The minimum absolute atomic E-state index is 0.147. The first-order valence-electron chi connectivity index (χ1n) is 5.09. The zero-order valence-electron chi connectivity index (χ0n) is 9.45. The van der Waals surface area contributed by atoms with Crippen molar-refractivity contribution in [1.29, 1.82) is 0 Å². The SMILES string of the molecule is Cc1cc(C(N)=O)nc(-c2cccc(Cl)c2Cl)n1. The minimum atomic E-state index is -0.611. The summed E-state index contributed by atoms with van der Waals surface area (Å²) in [6.45, 7) is 1.75.